The van der Waals surface area contributed by atoms with Crippen LogP contribution < -0.4 is 0 Å². The van der Waals surface area contributed by atoms with Crippen molar-refractivity contribution in [2.45, 2.75) is 58.1 Å². The number of rotatable bonds is 3. The van der Waals surface area contributed by atoms with E-state index in [1.54, 1.807) is 32.9 Å². The second kappa shape index (κ2) is 5.82. The van der Waals surface area contributed by atoms with E-state index in [2.05, 4.69) is 0 Å². The van der Waals surface area contributed by atoms with Crippen LogP contribution in [0.2, 0.25) is 0 Å². The predicted octanol–water partition coefficient (Wildman–Crippen LogP) is 3.45. The van der Waals surface area contributed by atoms with Crippen LogP contribution >= 0.6 is 0 Å². The van der Waals surface area contributed by atoms with Crippen LogP contribution in [0.1, 0.15) is 45.6 Å². The van der Waals surface area contributed by atoms with Crippen molar-refractivity contribution < 1.29 is 19.2 Å². The van der Waals surface area contributed by atoms with Gasteiger partial charge in [0.25, 0.3) is 5.69 Å². The van der Waals surface area contributed by atoms with Crippen molar-refractivity contribution in [1.29, 1.82) is 0 Å². The monoisotopic (exact) mass is 346 g/mol. The number of nitrogens with zero attached hydrogens (tertiary/aromatic N) is 2. The molecule has 0 N–H and O–H groups in total. The van der Waals surface area contributed by atoms with E-state index in [0.717, 1.165) is 18.4 Å². The predicted molar refractivity (Wildman–Crippen MR) is 90.0 cm³/mol. The molecule has 0 bridgehead atoms. The van der Waals surface area contributed by atoms with Gasteiger partial charge in [-0.1, -0.05) is 12.1 Å². The Labute approximate surface area is 146 Å². The van der Waals surface area contributed by atoms with Gasteiger partial charge in [0.15, 0.2) is 0 Å². The molecule has 1 aromatic rings. The largest absolute Gasteiger partial charge is 0.443 e. The standard InChI is InChI=1S/C18H22N2O5/c1-17(2,3)25-16(22)19-14(11-18(8-9-18)15(19)21)10-12-4-6-13(7-5-12)20(23)24/h4-7,14H,8-11H2,1-3H3/t14-/m0/s1. The first-order chi connectivity index (χ1) is 11.6. The highest BCUT2D eigenvalue weighted by atomic mass is 16.6. The van der Waals surface area contributed by atoms with Crippen LogP contribution in [0.15, 0.2) is 24.3 Å². The van der Waals surface area contributed by atoms with Crippen LogP contribution in [0.4, 0.5) is 10.5 Å². The summed E-state index contributed by atoms with van der Waals surface area (Å²) in [7, 11) is 0. The van der Waals surface area contributed by atoms with Crippen molar-refractivity contribution in [1.82, 2.24) is 4.90 Å². The molecule has 7 nitrogen and oxygen atoms in total. The third-order valence-electron chi connectivity index (χ3n) is 4.73. The number of hydrogen-bond donors (Lipinski definition) is 0. The lowest BCUT2D eigenvalue weighted by molar-refractivity contribution is -0.384. The van der Waals surface area contributed by atoms with Crippen molar-refractivity contribution in [2.75, 3.05) is 0 Å². The summed E-state index contributed by atoms with van der Waals surface area (Å²) in [6, 6.07) is 5.96. The van der Waals surface area contributed by atoms with Gasteiger partial charge >= 0.3 is 6.09 Å². The maximum atomic E-state index is 12.7. The molecule has 0 radical (unpaired) electrons. The van der Waals surface area contributed by atoms with Crippen molar-refractivity contribution in [3.05, 3.63) is 39.9 Å². The quantitative estimate of drug-likeness (QED) is 0.617. The molecule has 1 spiro atoms. The molecule has 25 heavy (non-hydrogen) atoms. The van der Waals surface area contributed by atoms with Crippen LogP contribution in [0.25, 0.3) is 0 Å². The number of amides is 2. The molecular formula is C18H22N2O5. The fourth-order valence-corrected chi connectivity index (χ4v) is 3.35. The second-order valence-electron chi connectivity index (χ2n) is 7.92. The molecule has 2 amide bonds. The molecular weight excluding hydrogens is 324 g/mol. The minimum absolute atomic E-state index is 0.0221. The zero-order valence-corrected chi connectivity index (χ0v) is 14.7. The fraction of sp³-hybridized carbons (Fsp3) is 0.556. The first-order valence-electron chi connectivity index (χ1n) is 8.41. The summed E-state index contributed by atoms with van der Waals surface area (Å²) < 4.78 is 5.41. The number of imide groups is 1. The third kappa shape index (κ3) is 3.50. The van der Waals surface area contributed by atoms with Crippen LogP contribution in [0.3, 0.4) is 0 Å². The van der Waals surface area contributed by atoms with E-state index in [1.165, 1.54) is 17.0 Å². The molecule has 1 heterocycles. The topological polar surface area (TPSA) is 89.8 Å². The van der Waals surface area contributed by atoms with E-state index in [0.29, 0.717) is 12.8 Å². The molecule has 2 aliphatic rings. The molecule has 0 unspecified atom stereocenters. The van der Waals surface area contributed by atoms with E-state index >= 15 is 0 Å². The van der Waals surface area contributed by atoms with Gasteiger partial charge in [0.1, 0.15) is 5.60 Å². The van der Waals surface area contributed by atoms with E-state index < -0.39 is 22.0 Å². The Morgan fingerprint density at radius 1 is 1.32 bits per heavy atom. The number of carbonyl (C=O) groups excluding carboxylic acids is 2. The summed E-state index contributed by atoms with van der Waals surface area (Å²) in [5.74, 6) is -0.145. The number of non-ortho nitro benzene ring substituents is 1. The van der Waals surface area contributed by atoms with Crippen LogP contribution in [-0.2, 0) is 16.0 Å². The number of nitro groups is 1. The summed E-state index contributed by atoms with van der Waals surface area (Å²) in [5, 5.41) is 10.8. The van der Waals surface area contributed by atoms with Crippen LogP contribution in [0, 0.1) is 15.5 Å². The van der Waals surface area contributed by atoms with Gasteiger partial charge in [-0.25, -0.2) is 9.69 Å². The number of carbonyl (C=O) groups is 2. The molecule has 3 rings (SSSR count). The average molecular weight is 346 g/mol. The molecule has 2 fully saturated rings. The number of benzene rings is 1. The number of hydrogen-bond acceptors (Lipinski definition) is 5. The van der Waals surface area contributed by atoms with Gasteiger partial charge in [0, 0.05) is 18.2 Å². The van der Waals surface area contributed by atoms with Gasteiger partial charge in [-0.05, 0) is 52.0 Å². The highest BCUT2D eigenvalue weighted by Gasteiger charge is 2.61. The summed E-state index contributed by atoms with van der Waals surface area (Å²) in [4.78, 5) is 36.8. The Kier molecular flexibility index (Phi) is 4.05. The summed E-state index contributed by atoms with van der Waals surface area (Å²) in [5.41, 5.74) is -0.194. The lowest BCUT2D eigenvalue weighted by Crippen LogP contribution is -2.43. The van der Waals surface area contributed by atoms with Crippen molar-refractivity contribution in [2.24, 2.45) is 5.41 Å². The Hall–Kier alpha value is -2.44. The Morgan fingerprint density at radius 2 is 1.92 bits per heavy atom. The number of likely N-dealkylation sites (tertiary alicyclic amines) is 1. The average Bonchev–Trinajstić information content (AvgIpc) is 3.21. The molecule has 1 aliphatic carbocycles. The molecule has 1 aromatic carbocycles. The van der Waals surface area contributed by atoms with Crippen LogP contribution in [-0.4, -0.2) is 33.5 Å². The van der Waals surface area contributed by atoms with Crippen molar-refractivity contribution >= 4 is 17.7 Å². The van der Waals surface area contributed by atoms with Gasteiger partial charge in [-0.2, -0.15) is 0 Å². The lowest BCUT2D eigenvalue weighted by atomic mass is 9.98. The zero-order chi connectivity index (χ0) is 18.4. The van der Waals surface area contributed by atoms with E-state index in [9.17, 15) is 19.7 Å². The van der Waals surface area contributed by atoms with E-state index in [-0.39, 0.29) is 17.6 Å². The normalized spacial score (nSPS) is 21.5. The van der Waals surface area contributed by atoms with Crippen molar-refractivity contribution in [3.63, 3.8) is 0 Å². The van der Waals surface area contributed by atoms with Gasteiger partial charge in [0.05, 0.1) is 10.3 Å². The number of ether oxygens (including phenoxy) is 1. The maximum absolute atomic E-state index is 12.7. The minimum Gasteiger partial charge on any atom is -0.443 e. The third-order valence-corrected chi connectivity index (χ3v) is 4.73. The SMILES string of the molecule is CC(C)(C)OC(=O)N1C(=O)C2(CC2)C[C@@H]1Cc1ccc([N+](=O)[O-])cc1. The molecule has 0 aromatic heterocycles. The van der Waals surface area contributed by atoms with Gasteiger partial charge < -0.3 is 4.74 Å². The van der Waals surface area contributed by atoms with Crippen molar-refractivity contribution in [3.8, 4) is 0 Å². The smallest absolute Gasteiger partial charge is 0.417 e. The molecule has 7 heteroatoms. The Morgan fingerprint density at radius 3 is 2.40 bits per heavy atom. The second-order valence-corrected chi connectivity index (χ2v) is 7.92. The molecule has 1 saturated heterocycles. The Bertz CT molecular complexity index is 716. The summed E-state index contributed by atoms with van der Waals surface area (Å²) >= 11 is 0. The number of nitro benzene ring substituents is 1. The minimum atomic E-state index is -0.672. The first-order valence-corrected chi connectivity index (χ1v) is 8.41. The van der Waals surface area contributed by atoms with Gasteiger partial charge in [-0.3, -0.25) is 14.9 Å². The highest BCUT2D eigenvalue weighted by molar-refractivity contribution is 5.99. The maximum Gasteiger partial charge on any atom is 0.417 e. The summed E-state index contributed by atoms with van der Waals surface area (Å²) in [6.45, 7) is 5.30. The lowest BCUT2D eigenvalue weighted by Gasteiger charge is -2.27. The molecule has 1 aliphatic heterocycles. The molecule has 1 atom stereocenters. The highest BCUT2D eigenvalue weighted by Crippen LogP contribution is 2.56. The van der Waals surface area contributed by atoms with Gasteiger partial charge in [0.2, 0.25) is 5.91 Å². The van der Waals surface area contributed by atoms with Gasteiger partial charge in [-0.15, -0.1) is 0 Å². The first kappa shape index (κ1) is 17.4. The molecule has 1 saturated carbocycles. The van der Waals surface area contributed by atoms with Crippen LogP contribution in [0.5, 0.6) is 0 Å². The fourth-order valence-electron chi connectivity index (χ4n) is 3.35. The Balaban J connectivity index is 1.79. The van der Waals surface area contributed by atoms with E-state index in [1.807, 2.05) is 0 Å². The molecule has 134 valence electrons. The zero-order valence-electron chi connectivity index (χ0n) is 14.7. The summed E-state index contributed by atoms with van der Waals surface area (Å²) in [6.07, 6.45) is 2.12. The van der Waals surface area contributed by atoms with E-state index in [4.69, 9.17) is 4.74 Å².